The van der Waals surface area contributed by atoms with Crippen LogP contribution in [-0.2, 0) is 19.6 Å². The zero-order chi connectivity index (χ0) is 31.5. The number of hydrogen-bond donors (Lipinski definition) is 3. The van der Waals surface area contributed by atoms with E-state index in [0.29, 0.717) is 30.5 Å². The summed E-state index contributed by atoms with van der Waals surface area (Å²) in [5.74, 6) is 1.54. The summed E-state index contributed by atoms with van der Waals surface area (Å²) in [6.45, 7) is 2.04. The van der Waals surface area contributed by atoms with Crippen molar-refractivity contribution in [1.29, 1.82) is 0 Å². The maximum absolute atomic E-state index is 15.1. The van der Waals surface area contributed by atoms with Gasteiger partial charge < -0.3 is 20.6 Å². The topological polar surface area (TPSA) is 132 Å². The molecule has 4 rings (SSSR count). The van der Waals surface area contributed by atoms with Gasteiger partial charge in [0.25, 0.3) is 10.0 Å². The summed E-state index contributed by atoms with van der Waals surface area (Å²) in [5, 5.41) is 17.2. The molecular weight excluding hydrogens is 626 g/mol. The molecule has 2 aromatic heterocycles. The number of sulfonamides is 1. The number of thiophene rings is 1. The smallest absolute Gasteiger partial charge is 0.273 e. The Morgan fingerprint density at radius 1 is 1.20 bits per heavy atom. The van der Waals surface area contributed by atoms with E-state index in [9.17, 15) is 23.1 Å². The largest absolute Gasteiger partial charge is 0.394 e. The third-order valence-corrected chi connectivity index (χ3v) is 11.6. The summed E-state index contributed by atoms with van der Waals surface area (Å²) in [5.41, 5.74) is 0.103. The molecule has 1 aromatic carbocycles. The maximum Gasteiger partial charge on any atom is 0.273 e. The average Bonchev–Trinajstić information content (AvgIpc) is 3.69. The van der Waals surface area contributed by atoms with Crippen molar-refractivity contribution in [2.45, 2.75) is 55.6 Å². The van der Waals surface area contributed by atoms with Crippen molar-refractivity contribution in [1.82, 2.24) is 15.2 Å². The SMILES string of the molecule is C#CCCCCCCC(=O)NCCN1CCC(C(=O)Nc2nc3c(F)cc(N(CCO)S(=O)(=O)c4cccs4)cc3s2)CC1. The fraction of sp³-hybridized carbons (Fsp3) is 0.500. The Balaban J connectivity index is 1.27. The molecule has 44 heavy (non-hydrogen) atoms. The van der Waals surface area contributed by atoms with Gasteiger partial charge in [0.15, 0.2) is 10.9 Å². The van der Waals surface area contributed by atoms with Crippen LogP contribution in [0, 0.1) is 24.1 Å². The number of halogens is 1. The Morgan fingerprint density at radius 3 is 2.68 bits per heavy atom. The van der Waals surface area contributed by atoms with Crippen molar-refractivity contribution in [2.24, 2.45) is 5.92 Å². The highest BCUT2D eigenvalue weighted by atomic mass is 32.2. The molecule has 0 bridgehead atoms. The molecule has 0 atom stereocenters. The number of carbonyl (C=O) groups excluding carboxylic acids is 2. The van der Waals surface area contributed by atoms with E-state index in [1.807, 2.05) is 0 Å². The average molecular weight is 664 g/mol. The molecule has 1 saturated heterocycles. The molecule has 1 aliphatic rings. The van der Waals surface area contributed by atoms with Gasteiger partial charge in [0, 0.05) is 37.9 Å². The van der Waals surface area contributed by atoms with E-state index in [0.717, 1.165) is 84.8 Å². The minimum Gasteiger partial charge on any atom is -0.394 e. The molecule has 10 nitrogen and oxygen atoms in total. The number of thiazole rings is 1. The molecule has 0 unspecified atom stereocenters. The monoisotopic (exact) mass is 663 g/mol. The predicted octanol–water partition coefficient (Wildman–Crippen LogP) is 4.43. The minimum absolute atomic E-state index is 0.0345. The number of anilines is 2. The van der Waals surface area contributed by atoms with Crippen LogP contribution in [0.5, 0.6) is 0 Å². The zero-order valence-electron chi connectivity index (χ0n) is 24.5. The number of carbonyl (C=O) groups is 2. The van der Waals surface area contributed by atoms with Crippen molar-refractivity contribution < 1.29 is 27.5 Å². The van der Waals surface area contributed by atoms with E-state index in [2.05, 4.69) is 26.4 Å². The normalized spacial score (nSPS) is 14.4. The lowest BCUT2D eigenvalue weighted by atomic mass is 9.96. The van der Waals surface area contributed by atoms with Gasteiger partial charge in [0.2, 0.25) is 11.8 Å². The van der Waals surface area contributed by atoms with Crippen LogP contribution < -0.4 is 14.9 Å². The van der Waals surface area contributed by atoms with Crippen LogP contribution >= 0.6 is 22.7 Å². The molecule has 3 N–H and O–H groups in total. The molecule has 0 saturated carbocycles. The first-order chi connectivity index (χ1) is 21.2. The first-order valence-electron chi connectivity index (χ1n) is 14.7. The predicted molar refractivity (Wildman–Crippen MR) is 173 cm³/mol. The van der Waals surface area contributed by atoms with E-state index >= 15 is 4.39 Å². The van der Waals surface area contributed by atoms with Crippen LogP contribution in [0.25, 0.3) is 10.2 Å². The van der Waals surface area contributed by atoms with Crippen LogP contribution in [0.2, 0.25) is 0 Å². The highest BCUT2D eigenvalue weighted by molar-refractivity contribution is 7.94. The van der Waals surface area contributed by atoms with Crippen molar-refractivity contribution in [3.63, 3.8) is 0 Å². The molecule has 0 spiro atoms. The third kappa shape index (κ3) is 8.98. The van der Waals surface area contributed by atoms with Gasteiger partial charge in [-0.3, -0.25) is 13.9 Å². The third-order valence-electron chi connectivity index (χ3n) is 7.48. The van der Waals surface area contributed by atoms with Crippen molar-refractivity contribution in [2.75, 3.05) is 49.0 Å². The molecule has 3 aromatic rings. The molecule has 1 aliphatic heterocycles. The Hall–Kier alpha value is -3.09. The van der Waals surface area contributed by atoms with Gasteiger partial charge in [-0.15, -0.1) is 23.7 Å². The van der Waals surface area contributed by atoms with Gasteiger partial charge in [0.05, 0.1) is 23.5 Å². The number of likely N-dealkylation sites (tertiary alicyclic amines) is 1. The summed E-state index contributed by atoms with van der Waals surface area (Å²) in [6, 6.07) is 5.64. The number of aliphatic hydroxyl groups excluding tert-OH is 1. The second-order valence-corrected chi connectivity index (χ2v) is 14.7. The number of aromatic nitrogens is 1. The second-order valence-electron chi connectivity index (χ2n) is 10.6. The lowest BCUT2D eigenvalue weighted by Gasteiger charge is -2.31. The molecule has 14 heteroatoms. The maximum atomic E-state index is 15.1. The minimum atomic E-state index is -4.00. The first kappa shape index (κ1) is 33.8. The van der Waals surface area contributed by atoms with Crippen LogP contribution in [-0.4, -0.2) is 74.6 Å². The summed E-state index contributed by atoms with van der Waals surface area (Å²) < 4.78 is 42.8. The molecule has 1 fully saturated rings. The summed E-state index contributed by atoms with van der Waals surface area (Å²) >= 11 is 2.10. The Labute approximate surface area is 265 Å². The van der Waals surface area contributed by atoms with Gasteiger partial charge >= 0.3 is 0 Å². The van der Waals surface area contributed by atoms with Crippen molar-refractivity contribution in [3.8, 4) is 12.3 Å². The van der Waals surface area contributed by atoms with Gasteiger partial charge in [-0.2, -0.15) is 0 Å². The van der Waals surface area contributed by atoms with Crippen LogP contribution in [0.15, 0.2) is 33.9 Å². The van der Waals surface area contributed by atoms with E-state index in [4.69, 9.17) is 6.42 Å². The lowest BCUT2D eigenvalue weighted by Crippen LogP contribution is -2.41. The molecule has 0 radical (unpaired) electrons. The van der Waals surface area contributed by atoms with Gasteiger partial charge in [-0.05, 0) is 56.3 Å². The van der Waals surface area contributed by atoms with Gasteiger partial charge in [0.1, 0.15) is 9.73 Å². The summed E-state index contributed by atoms with van der Waals surface area (Å²) in [4.78, 5) is 31.6. The van der Waals surface area contributed by atoms with Crippen LogP contribution in [0.4, 0.5) is 15.2 Å². The number of aliphatic hydroxyl groups is 1. The number of rotatable bonds is 16. The van der Waals surface area contributed by atoms with E-state index in [1.54, 1.807) is 11.4 Å². The van der Waals surface area contributed by atoms with E-state index in [1.165, 1.54) is 12.1 Å². The Kier molecular flexibility index (Phi) is 12.5. The molecular formula is C30H38FN5O5S3. The number of unbranched alkanes of at least 4 members (excludes halogenated alkanes) is 4. The van der Waals surface area contributed by atoms with E-state index in [-0.39, 0.29) is 44.8 Å². The number of amides is 2. The quantitative estimate of drug-likeness (QED) is 0.153. The highest BCUT2D eigenvalue weighted by Crippen LogP contribution is 2.35. The number of nitrogens with one attached hydrogen (secondary N) is 2. The zero-order valence-corrected chi connectivity index (χ0v) is 26.9. The number of piperidine rings is 1. The van der Waals surface area contributed by atoms with Crippen molar-refractivity contribution in [3.05, 3.63) is 35.5 Å². The van der Waals surface area contributed by atoms with Crippen LogP contribution in [0.3, 0.4) is 0 Å². The Bertz CT molecular complexity index is 1550. The molecule has 2 amide bonds. The first-order valence-corrected chi connectivity index (χ1v) is 17.9. The summed E-state index contributed by atoms with van der Waals surface area (Å²) in [7, 11) is -4.00. The summed E-state index contributed by atoms with van der Waals surface area (Å²) in [6.07, 6.45) is 11.8. The highest BCUT2D eigenvalue weighted by Gasteiger charge is 2.28. The number of benzene rings is 1. The fourth-order valence-corrected chi connectivity index (χ4v) is 8.56. The molecule has 238 valence electrons. The standard InChI is InChI=1S/C30H38FN5O5S3/c1-2-3-4-5-6-7-9-26(38)32-13-16-35-14-11-22(12-15-35)29(39)34-30-33-28-24(31)20-23(21-25(28)43-30)36(17-18-37)44(40,41)27-10-8-19-42-27/h1,8,10,19-22,37H,3-7,9,11-18H2,(H,32,38)(H,33,34,39). The van der Waals surface area contributed by atoms with Crippen LogP contribution in [0.1, 0.15) is 51.4 Å². The molecule has 3 heterocycles. The number of terminal acetylenes is 1. The number of fused-ring (bicyclic) bond motifs is 1. The lowest BCUT2D eigenvalue weighted by molar-refractivity contribution is -0.121. The van der Waals surface area contributed by atoms with Gasteiger partial charge in [-0.25, -0.2) is 17.8 Å². The Morgan fingerprint density at radius 2 is 1.98 bits per heavy atom. The van der Waals surface area contributed by atoms with E-state index < -0.39 is 22.4 Å². The van der Waals surface area contributed by atoms with Crippen molar-refractivity contribution >= 4 is 65.5 Å². The second kappa shape index (κ2) is 16.3. The van der Waals surface area contributed by atoms with Gasteiger partial charge in [-0.1, -0.05) is 30.2 Å². The number of nitrogens with zero attached hydrogens (tertiary/aromatic N) is 3. The fourth-order valence-electron chi connectivity index (χ4n) is 5.10. The number of hydrogen-bond acceptors (Lipinski definition) is 9. The molecule has 0 aliphatic carbocycles.